The molecule has 0 fully saturated rings. The van der Waals surface area contributed by atoms with Crippen LogP contribution >= 0.6 is 38.9 Å². The first-order valence-electron chi connectivity index (χ1n) is 5.34. The number of aliphatic hydroxyl groups is 1. The molecule has 1 N–H and O–H groups in total. The fourth-order valence-corrected chi connectivity index (χ4v) is 3.20. The van der Waals surface area contributed by atoms with Crippen LogP contribution < -0.4 is 4.74 Å². The van der Waals surface area contributed by atoms with Crippen molar-refractivity contribution < 1.29 is 9.84 Å². The minimum atomic E-state index is -0.558. The second-order valence-corrected chi connectivity index (χ2v) is 6.11. The second-order valence-electron chi connectivity index (χ2n) is 3.84. The van der Waals surface area contributed by atoms with Gasteiger partial charge in [0.2, 0.25) is 0 Å². The number of hydrogen-bond acceptors (Lipinski definition) is 3. The molecule has 1 aromatic carbocycles. The minimum Gasteiger partial charge on any atom is -0.496 e. The molecule has 0 saturated carbocycles. The molecule has 0 amide bonds. The zero-order valence-corrected chi connectivity index (χ0v) is 12.8. The molecule has 2 rings (SSSR count). The first-order chi connectivity index (χ1) is 8.60. The molecular formula is C13H12BrClO2S. The molecule has 18 heavy (non-hydrogen) atoms. The molecular weight excluding hydrogens is 336 g/mol. The number of benzene rings is 1. The topological polar surface area (TPSA) is 29.5 Å². The maximum atomic E-state index is 10.2. The Morgan fingerprint density at radius 3 is 2.83 bits per heavy atom. The summed E-state index contributed by atoms with van der Waals surface area (Å²) in [5.41, 5.74) is 0.930. The Balaban J connectivity index is 2.13. The van der Waals surface area contributed by atoms with Crippen LogP contribution in [0.25, 0.3) is 0 Å². The Labute approximate surface area is 123 Å². The lowest BCUT2D eigenvalue weighted by Crippen LogP contribution is -2.00. The summed E-state index contributed by atoms with van der Waals surface area (Å²) < 4.78 is 6.04. The number of ether oxygens (including phenoxy) is 1. The van der Waals surface area contributed by atoms with Gasteiger partial charge < -0.3 is 9.84 Å². The van der Waals surface area contributed by atoms with Crippen LogP contribution in [0.3, 0.4) is 0 Å². The molecule has 1 heterocycles. The molecule has 5 heteroatoms. The molecule has 0 aliphatic rings. The zero-order valence-electron chi connectivity index (χ0n) is 9.69. The molecule has 2 nitrogen and oxygen atoms in total. The minimum absolute atomic E-state index is 0.496. The van der Waals surface area contributed by atoms with Crippen LogP contribution in [0.2, 0.25) is 5.02 Å². The normalized spacial score (nSPS) is 12.4. The summed E-state index contributed by atoms with van der Waals surface area (Å²) in [6.45, 7) is 0. The van der Waals surface area contributed by atoms with E-state index >= 15 is 0 Å². The van der Waals surface area contributed by atoms with Crippen molar-refractivity contribution in [2.75, 3.05) is 7.11 Å². The lowest BCUT2D eigenvalue weighted by molar-refractivity contribution is 0.182. The largest absolute Gasteiger partial charge is 0.496 e. The molecule has 96 valence electrons. The van der Waals surface area contributed by atoms with Crippen LogP contribution in [0, 0.1) is 0 Å². The average molecular weight is 348 g/mol. The summed E-state index contributed by atoms with van der Waals surface area (Å²) in [7, 11) is 1.61. The number of thiophene rings is 1. The SMILES string of the molecule is COc1csc(C(O)Cc2ccc(Br)cc2Cl)c1. The first-order valence-corrected chi connectivity index (χ1v) is 7.39. The van der Waals surface area contributed by atoms with E-state index in [1.807, 2.05) is 29.6 Å². The summed E-state index contributed by atoms with van der Waals surface area (Å²) in [5.74, 6) is 0.774. The van der Waals surface area contributed by atoms with Gasteiger partial charge in [-0.25, -0.2) is 0 Å². The van der Waals surface area contributed by atoms with Gasteiger partial charge in [-0.2, -0.15) is 0 Å². The van der Waals surface area contributed by atoms with Gasteiger partial charge in [0.15, 0.2) is 0 Å². The van der Waals surface area contributed by atoms with Gasteiger partial charge in [0.05, 0.1) is 13.2 Å². The number of hydrogen-bond donors (Lipinski definition) is 1. The van der Waals surface area contributed by atoms with Gasteiger partial charge in [0.1, 0.15) is 5.75 Å². The van der Waals surface area contributed by atoms with Crippen molar-refractivity contribution in [1.82, 2.24) is 0 Å². The van der Waals surface area contributed by atoms with E-state index in [2.05, 4.69) is 15.9 Å². The molecule has 0 aliphatic heterocycles. The van der Waals surface area contributed by atoms with Crippen molar-refractivity contribution in [2.45, 2.75) is 12.5 Å². The number of halogens is 2. The second kappa shape index (κ2) is 6.06. The zero-order chi connectivity index (χ0) is 13.1. The summed E-state index contributed by atoms with van der Waals surface area (Å²) in [6, 6.07) is 7.52. The van der Waals surface area contributed by atoms with Gasteiger partial charge in [0, 0.05) is 26.2 Å². The van der Waals surface area contributed by atoms with E-state index in [0.717, 1.165) is 20.7 Å². The molecule has 2 aromatic rings. The van der Waals surface area contributed by atoms with Gasteiger partial charge in [-0.3, -0.25) is 0 Å². The summed E-state index contributed by atoms with van der Waals surface area (Å²) in [6.07, 6.45) is -0.0620. The fourth-order valence-electron chi connectivity index (χ4n) is 1.61. The maximum Gasteiger partial charge on any atom is 0.129 e. The summed E-state index contributed by atoms with van der Waals surface area (Å²) in [4.78, 5) is 0.880. The van der Waals surface area contributed by atoms with Crippen LogP contribution in [0.4, 0.5) is 0 Å². The van der Waals surface area contributed by atoms with Crippen molar-refractivity contribution >= 4 is 38.9 Å². The molecule has 0 saturated heterocycles. The van der Waals surface area contributed by atoms with E-state index < -0.39 is 6.10 Å². The summed E-state index contributed by atoms with van der Waals surface area (Å²) >= 11 is 11.0. The molecule has 1 unspecified atom stereocenters. The van der Waals surface area contributed by atoms with E-state index in [0.29, 0.717) is 11.4 Å². The van der Waals surface area contributed by atoms with Crippen LogP contribution in [-0.4, -0.2) is 12.2 Å². The van der Waals surface area contributed by atoms with Crippen LogP contribution in [-0.2, 0) is 6.42 Å². The lowest BCUT2D eigenvalue weighted by atomic mass is 10.1. The molecule has 0 radical (unpaired) electrons. The van der Waals surface area contributed by atoms with Gasteiger partial charge >= 0.3 is 0 Å². The lowest BCUT2D eigenvalue weighted by Gasteiger charge is -2.10. The number of aliphatic hydroxyl groups excluding tert-OH is 1. The highest BCUT2D eigenvalue weighted by Crippen LogP contribution is 2.31. The summed E-state index contributed by atoms with van der Waals surface area (Å²) in [5, 5.41) is 12.7. The maximum absolute atomic E-state index is 10.2. The van der Waals surface area contributed by atoms with Crippen molar-refractivity contribution in [3.8, 4) is 5.75 Å². The van der Waals surface area contributed by atoms with E-state index in [1.54, 1.807) is 7.11 Å². The van der Waals surface area contributed by atoms with E-state index in [9.17, 15) is 5.11 Å². The predicted octanol–water partition coefficient (Wildman–Crippen LogP) is 4.45. The number of methoxy groups -OCH3 is 1. The highest BCUT2D eigenvalue weighted by atomic mass is 79.9. The fraction of sp³-hybridized carbons (Fsp3) is 0.231. The molecule has 0 aliphatic carbocycles. The van der Waals surface area contributed by atoms with Crippen LogP contribution in [0.5, 0.6) is 5.75 Å². The van der Waals surface area contributed by atoms with Crippen LogP contribution in [0.15, 0.2) is 34.1 Å². The van der Waals surface area contributed by atoms with Crippen LogP contribution in [0.1, 0.15) is 16.5 Å². The quantitative estimate of drug-likeness (QED) is 0.885. The van der Waals surface area contributed by atoms with Gasteiger partial charge in [-0.1, -0.05) is 33.6 Å². The van der Waals surface area contributed by atoms with Gasteiger partial charge in [0.25, 0.3) is 0 Å². The van der Waals surface area contributed by atoms with E-state index in [1.165, 1.54) is 11.3 Å². The smallest absolute Gasteiger partial charge is 0.129 e. The van der Waals surface area contributed by atoms with E-state index in [4.69, 9.17) is 16.3 Å². The number of rotatable bonds is 4. The Morgan fingerprint density at radius 2 is 2.22 bits per heavy atom. The predicted molar refractivity (Wildman–Crippen MR) is 78.7 cm³/mol. The third-order valence-electron chi connectivity index (χ3n) is 2.59. The first kappa shape index (κ1) is 13.9. The molecule has 1 atom stereocenters. The van der Waals surface area contributed by atoms with Crippen molar-refractivity contribution in [1.29, 1.82) is 0 Å². The Bertz CT molecular complexity index is 542. The average Bonchev–Trinajstić information content (AvgIpc) is 2.81. The third kappa shape index (κ3) is 3.26. The highest BCUT2D eigenvalue weighted by molar-refractivity contribution is 9.10. The highest BCUT2D eigenvalue weighted by Gasteiger charge is 2.13. The van der Waals surface area contributed by atoms with Gasteiger partial charge in [-0.15, -0.1) is 11.3 Å². The third-order valence-corrected chi connectivity index (χ3v) is 4.45. The van der Waals surface area contributed by atoms with E-state index in [-0.39, 0.29) is 0 Å². The Hall–Kier alpha value is -0.550. The Kier molecular flexibility index (Phi) is 4.67. The molecule has 1 aromatic heterocycles. The molecule has 0 bridgehead atoms. The Morgan fingerprint density at radius 1 is 1.44 bits per heavy atom. The monoisotopic (exact) mass is 346 g/mol. The van der Waals surface area contributed by atoms with Crippen molar-refractivity contribution in [3.05, 3.63) is 49.6 Å². The van der Waals surface area contributed by atoms with Crippen molar-refractivity contribution in [2.24, 2.45) is 0 Å². The standard InChI is InChI=1S/C13H12BrClO2S/c1-17-10-6-13(18-7-10)12(16)4-8-2-3-9(14)5-11(8)15/h2-3,5-7,12,16H,4H2,1H3. The van der Waals surface area contributed by atoms with Crippen molar-refractivity contribution in [3.63, 3.8) is 0 Å². The van der Waals surface area contributed by atoms with Gasteiger partial charge in [-0.05, 0) is 23.8 Å². The molecule has 0 spiro atoms.